The number of hydrogen-bond donors (Lipinski definition) is 2. The lowest BCUT2D eigenvalue weighted by atomic mass is 10.3. The quantitative estimate of drug-likeness (QED) is 0.876. The van der Waals surface area contributed by atoms with Crippen LogP contribution in [0.3, 0.4) is 0 Å². The van der Waals surface area contributed by atoms with Crippen LogP contribution >= 0.6 is 11.3 Å². The fraction of sp³-hybridized carbons (Fsp3) is 0.357. The number of amides is 2. The zero-order valence-corrected chi connectivity index (χ0v) is 12.9. The van der Waals surface area contributed by atoms with E-state index in [1.165, 1.54) is 4.88 Å². The molecule has 2 N–H and O–H groups in total. The Morgan fingerprint density at radius 2 is 2.41 bits per heavy atom. The number of carbonyl (C=O) groups excluding carboxylic acids is 2. The molecule has 0 aromatic carbocycles. The standard InChI is InChI=1S/C14H16N4O3S/c1-9-2-3-12(22-9)10-8-11(17-16-10)13(19)15-4-5-18-6-7-21-14(18)20/h2-3,8H,4-7H2,1H3,(H,15,19)(H,16,17). The van der Waals surface area contributed by atoms with Gasteiger partial charge in [0.25, 0.3) is 5.91 Å². The van der Waals surface area contributed by atoms with Crippen LogP contribution in [0, 0.1) is 6.92 Å². The number of aryl methyl sites for hydroxylation is 1. The van der Waals surface area contributed by atoms with Crippen LogP contribution < -0.4 is 5.32 Å². The zero-order chi connectivity index (χ0) is 15.5. The molecule has 1 fully saturated rings. The molecule has 2 aromatic rings. The molecule has 2 amide bonds. The van der Waals surface area contributed by atoms with Crippen LogP contribution in [0.5, 0.6) is 0 Å². The first kappa shape index (κ1) is 14.6. The smallest absolute Gasteiger partial charge is 0.409 e. The van der Waals surface area contributed by atoms with Gasteiger partial charge >= 0.3 is 6.09 Å². The fourth-order valence-electron chi connectivity index (χ4n) is 2.17. The van der Waals surface area contributed by atoms with Gasteiger partial charge in [-0.05, 0) is 25.1 Å². The van der Waals surface area contributed by atoms with E-state index in [-0.39, 0.29) is 12.0 Å². The minimum atomic E-state index is -0.329. The number of ether oxygens (including phenoxy) is 1. The highest BCUT2D eigenvalue weighted by Crippen LogP contribution is 2.26. The van der Waals surface area contributed by atoms with Crippen LogP contribution in [0.2, 0.25) is 0 Å². The summed E-state index contributed by atoms with van der Waals surface area (Å²) in [5, 5.41) is 9.65. The van der Waals surface area contributed by atoms with Crippen LogP contribution in [0.15, 0.2) is 18.2 Å². The number of nitrogens with zero attached hydrogens (tertiary/aromatic N) is 2. The van der Waals surface area contributed by atoms with E-state index in [9.17, 15) is 9.59 Å². The Balaban J connectivity index is 1.54. The van der Waals surface area contributed by atoms with E-state index in [2.05, 4.69) is 15.5 Å². The molecule has 3 rings (SSSR count). The van der Waals surface area contributed by atoms with Crippen LogP contribution in [0.1, 0.15) is 15.4 Å². The number of rotatable bonds is 5. The highest BCUT2D eigenvalue weighted by atomic mass is 32.1. The third kappa shape index (κ3) is 3.11. The lowest BCUT2D eigenvalue weighted by Gasteiger charge is -2.12. The van der Waals surface area contributed by atoms with E-state index in [4.69, 9.17) is 4.74 Å². The molecular formula is C14H16N4O3S. The maximum absolute atomic E-state index is 12.0. The number of thiophene rings is 1. The van der Waals surface area contributed by atoms with Gasteiger partial charge in [-0.3, -0.25) is 9.89 Å². The second-order valence-corrected chi connectivity index (χ2v) is 6.22. The number of nitrogens with one attached hydrogen (secondary N) is 2. The summed E-state index contributed by atoms with van der Waals surface area (Å²) in [6.45, 7) is 3.82. The van der Waals surface area contributed by atoms with Crippen molar-refractivity contribution in [2.75, 3.05) is 26.2 Å². The number of H-pyrrole nitrogens is 1. The molecule has 0 radical (unpaired) electrons. The summed E-state index contributed by atoms with van der Waals surface area (Å²) in [6.07, 6.45) is -0.329. The molecule has 0 saturated carbocycles. The molecule has 0 spiro atoms. The highest BCUT2D eigenvalue weighted by Gasteiger charge is 2.21. The Kier molecular flexibility index (Phi) is 4.10. The maximum atomic E-state index is 12.0. The summed E-state index contributed by atoms with van der Waals surface area (Å²) in [4.78, 5) is 27.1. The Labute approximate surface area is 131 Å². The zero-order valence-electron chi connectivity index (χ0n) is 12.1. The fourth-order valence-corrected chi connectivity index (χ4v) is 3.00. The molecule has 0 unspecified atom stereocenters. The van der Waals surface area contributed by atoms with Crippen LogP contribution in [-0.2, 0) is 4.74 Å². The predicted octanol–water partition coefficient (Wildman–Crippen LogP) is 1.63. The molecule has 3 heterocycles. The third-order valence-corrected chi connectivity index (χ3v) is 4.36. The van der Waals surface area contributed by atoms with E-state index in [0.29, 0.717) is 31.9 Å². The maximum Gasteiger partial charge on any atom is 0.409 e. The Hall–Kier alpha value is -2.35. The van der Waals surface area contributed by atoms with Crippen LogP contribution in [-0.4, -0.2) is 53.3 Å². The number of carbonyl (C=O) groups is 2. The highest BCUT2D eigenvalue weighted by molar-refractivity contribution is 7.15. The SMILES string of the molecule is Cc1ccc(-c2cc(C(=O)NCCN3CCOC3=O)n[nH]2)s1. The van der Waals surface area contributed by atoms with Gasteiger partial charge in [0.2, 0.25) is 0 Å². The monoisotopic (exact) mass is 320 g/mol. The van der Waals surface area contributed by atoms with E-state index in [1.54, 1.807) is 22.3 Å². The Morgan fingerprint density at radius 1 is 1.55 bits per heavy atom. The van der Waals surface area contributed by atoms with Crippen LogP contribution in [0.25, 0.3) is 10.6 Å². The van der Waals surface area contributed by atoms with Gasteiger partial charge in [-0.1, -0.05) is 0 Å². The van der Waals surface area contributed by atoms with E-state index >= 15 is 0 Å². The topological polar surface area (TPSA) is 87.3 Å². The normalized spacial score (nSPS) is 14.2. The van der Waals surface area contributed by atoms with Crippen molar-refractivity contribution >= 4 is 23.3 Å². The molecule has 116 valence electrons. The van der Waals surface area contributed by atoms with Crippen molar-refractivity contribution in [1.29, 1.82) is 0 Å². The van der Waals surface area contributed by atoms with E-state index in [1.807, 2.05) is 19.1 Å². The van der Waals surface area contributed by atoms with Crippen molar-refractivity contribution < 1.29 is 14.3 Å². The minimum Gasteiger partial charge on any atom is -0.448 e. The van der Waals surface area contributed by atoms with Crippen molar-refractivity contribution in [3.05, 3.63) is 28.8 Å². The van der Waals surface area contributed by atoms with Gasteiger partial charge < -0.3 is 15.0 Å². The Morgan fingerprint density at radius 3 is 3.09 bits per heavy atom. The lowest BCUT2D eigenvalue weighted by Crippen LogP contribution is -2.35. The van der Waals surface area contributed by atoms with E-state index in [0.717, 1.165) is 10.6 Å². The summed E-state index contributed by atoms with van der Waals surface area (Å²) in [6, 6.07) is 5.74. The molecule has 0 bridgehead atoms. The number of hydrogen-bond acceptors (Lipinski definition) is 5. The van der Waals surface area contributed by atoms with Crippen molar-refractivity contribution in [3.8, 4) is 10.6 Å². The van der Waals surface area contributed by atoms with Gasteiger partial charge in [0.15, 0.2) is 5.69 Å². The van der Waals surface area contributed by atoms with Crippen molar-refractivity contribution in [1.82, 2.24) is 20.4 Å². The summed E-state index contributed by atoms with van der Waals surface area (Å²) in [5.74, 6) is -0.261. The minimum absolute atomic E-state index is 0.261. The summed E-state index contributed by atoms with van der Waals surface area (Å²) in [5.41, 5.74) is 1.16. The molecule has 0 aliphatic carbocycles. The van der Waals surface area contributed by atoms with Gasteiger partial charge in [-0.25, -0.2) is 4.79 Å². The summed E-state index contributed by atoms with van der Waals surface area (Å²) in [7, 11) is 0. The average Bonchev–Trinajstić information content (AvgIpc) is 3.20. The number of cyclic esters (lactones) is 1. The first-order chi connectivity index (χ1) is 10.6. The largest absolute Gasteiger partial charge is 0.448 e. The lowest BCUT2D eigenvalue weighted by molar-refractivity contribution is 0.0944. The van der Waals surface area contributed by atoms with Crippen molar-refractivity contribution in [2.24, 2.45) is 0 Å². The van der Waals surface area contributed by atoms with Gasteiger partial charge in [-0.15, -0.1) is 11.3 Å². The summed E-state index contributed by atoms with van der Waals surface area (Å²) >= 11 is 1.64. The van der Waals surface area contributed by atoms with Gasteiger partial charge in [0.1, 0.15) is 6.61 Å². The van der Waals surface area contributed by atoms with Crippen molar-refractivity contribution in [2.45, 2.75) is 6.92 Å². The molecule has 0 atom stereocenters. The van der Waals surface area contributed by atoms with Gasteiger partial charge in [0.05, 0.1) is 17.1 Å². The van der Waals surface area contributed by atoms with Crippen molar-refractivity contribution in [3.63, 3.8) is 0 Å². The van der Waals surface area contributed by atoms with Crippen LogP contribution in [0.4, 0.5) is 4.79 Å². The van der Waals surface area contributed by atoms with Gasteiger partial charge in [-0.2, -0.15) is 5.10 Å². The van der Waals surface area contributed by atoms with Gasteiger partial charge in [0, 0.05) is 18.0 Å². The molecule has 2 aromatic heterocycles. The van der Waals surface area contributed by atoms with E-state index < -0.39 is 0 Å². The number of aromatic amines is 1. The molecule has 7 nitrogen and oxygen atoms in total. The number of aromatic nitrogens is 2. The average molecular weight is 320 g/mol. The molecule has 1 saturated heterocycles. The summed E-state index contributed by atoms with van der Waals surface area (Å²) < 4.78 is 4.82. The predicted molar refractivity (Wildman–Crippen MR) is 81.9 cm³/mol. The third-order valence-electron chi connectivity index (χ3n) is 3.33. The molecular weight excluding hydrogens is 304 g/mol. The second-order valence-electron chi connectivity index (χ2n) is 4.93. The Bertz CT molecular complexity index is 694. The second kappa shape index (κ2) is 6.18. The molecule has 22 heavy (non-hydrogen) atoms. The molecule has 8 heteroatoms. The first-order valence-electron chi connectivity index (χ1n) is 6.95. The first-order valence-corrected chi connectivity index (χ1v) is 7.77. The molecule has 1 aliphatic heterocycles. The molecule has 1 aliphatic rings.